The summed E-state index contributed by atoms with van der Waals surface area (Å²) in [6.07, 6.45) is 1.18. The average Bonchev–Trinajstić information content (AvgIpc) is 2.31. The topological polar surface area (TPSA) is 67.4 Å². The lowest BCUT2D eigenvalue weighted by molar-refractivity contribution is -0.124. The first-order chi connectivity index (χ1) is 7.96. The van der Waals surface area contributed by atoms with Crippen LogP contribution in [0, 0.1) is 5.92 Å². The molecule has 17 heavy (non-hydrogen) atoms. The quantitative estimate of drug-likeness (QED) is 0.747. The molecule has 0 aliphatic carbocycles. The summed E-state index contributed by atoms with van der Waals surface area (Å²) in [4.78, 5) is 23.1. The van der Waals surface area contributed by atoms with Gasteiger partial charge in [0.05, 0.1) is 7.11 Å². The summed E-state index contributed by atoms with van der Waals surface area (Å²) in [5.74, 6) is -0.137. The molecule has 0 rings (SSSR count). The van der Waals surface area contributed by atoms with Crippen LogP contribution in [0.15, 0.2) is 0 Å². The maximum absolute atomic E-state index is 12.0. The van der Waals surface area contributed by atoms with Gasteiger partial charge in [0, 0.05) is 6.04 Å². The van der Waals surface area contributed by atoms with E-state index in [0.29, 0.717) is 0 Å². The molecule has 0 aromatic carbocycles. The molecular weight excluding hydrogens is 220 g/mol. The minimum absolute atomic E-state index is 0.0171. The first-order valence-corrected chi connectivity index (χ1v) is 6.11. The second-order valence-corrected chi connectivity index (χ2v) is 4.38. The van der Waals surface area contributed by atoms with Gasteiger partial charge in [-0.05, 0) is 18.8 Å². The Balaban J connectivity index is 4.49. The van der Waals surface area contributed by atoms with Crippen molar-refractivity contribution in [3.05, 3.63) is 0 Å². The van der Waals surface area contributed by atoms with Crippen molar-refractivity contribution in [1.29, 1.82) is 0 Å². The van der Waals surface area contributed by atoms with Crippen LogP contribution in [0.2, 0.25) is 0 Å². The van der Waals surface area contributed by atoms with Gasteiger partial charge in [0.15, 0.2) is 0 Å². The molecule has 100 valence electrons. The van der Waals surface area contributed by atoms with Crippen LogP contribution in [0.25, 0.3) is 0 Å². The van der Waals surface area contributed by atoms with Crippen molar-refractivity contribution in [3.8, 4) is 0 Å². The van der Waals surface area contributed by atoms with Gasteiger partial charge in [-0.15, -0.1) is 0 Å². The highest BCUT2D eigenvalue weighted by atomic mass is 16.5. The predicted molar refractivity (Wildman–Crippen MR) is 66.7 cm³/mol. The Morgan fingerprint density at radius 1 is 1.12 bits per heavy atom. The zero-order valence-electron chi connectivity index (χ0n) is 11.4. The first-order valence-electron chi connectivity index (χ1n) is 6.11. The van der Waals surface area contributed by atoms with Gasteiger partial charge in [-0.3, -0.25) is 4.79 Å². The molecule has 0 spiro atoms. The van der Waals surface area contributed by atoms with Gasteiger partial charge < -0.3 is 15.4 Å². The van der Waals surface area contributed by atoms with Crippen LogP contribution in [0.5, 0.6) is 0 Å². The molecule has 5 heteroatoms. The van der Waals surface area contributed by atoms with E-state index in [2.05, 4.69) is 15.4 Å². The Kier molecular flexibility index (Phi) is 7.34. The molecule has 0 aliphatic heterocycles. The van der Waals surface area contributed by atoms with Gasteiger partial charge in [-0.2, -0.15) is 0 Å². The SMILES string of the molecule is CCC(CC)NC(=O)[C@H](NC(=O)OC)C(C)C. The minimum atomic E-state index is -0.580. The Labute approximate surface area is 103 Å². The third kappa shape index (κ3) is 5.56. The Bertz CT molecular complexity index is 250. The van der Waals surface area contributed by atoms with Crippen LogP contribution in [0.3, 0.4) is 0 Å². The molecule has 0 unspecified atom stereocenters. The van der Waals surface area contributed by atoms with Gasteiger partial charge in [-0.1, -0.05) is 27.7 Å². The molecule has 0 saturated carbocycles. The van der Waals surface area contributed by atoms with Crippen LogP contribution in [0.1, 0.15) is 40.5 Å². The molecule has 1 atom stereocenters. The van der Waals surface area contributed by atoms with Gasteiger partial charge in [0.1, 0.15) is 6.04 Å². The highest BCUT2D eigenvalue weighted by Crippen LogP contribution is 2.04. The molecular formula is C12H24N2O3. The van der Waals surface area contributed by atoms with Crippen molar-refractivity contribution >= 4 is 12.0 Å². The summed E-state index contributed by atoms with van der Waals surface area (Å²) in [6, 6.07) is -0.397. The van der Waals surface area contributed by atoms with Crippen molar-refractivity contribution < 1.29 is 14.3 Å². The van der Waals surface area contributed by atoms with Gasteiger partial charge in [-0.25, -0.2) is 4.79 Å². The molecule has 0 saturated heterocycles. The number of alkyl carbamates (subject to hydrolysis) is 1. The molecule has 2 N–H and O–H groups in total. The highest BCUT2D eigenvalue weighted by molar-refractivity contribution is 5.86. The van der Waals surface area contributed by atoms with Crippen LogP contribution in [-0.4, -0.2) is 31.2 Å². The molecule has 0 aliphatic rings. The maximum atomic E-state index is 12.0. The average molecular weight is 244 g/mol. The fraction of sp³-hybridized carbons (Fsp3) is 0.833. The number of amides is 2. The molecule has 5 nitrogen and oxygen atoms in total. The van der Waals surface area contributed by atoms with Gasteiger partial charge in [0.25, 0.3) is 0 Å². The van der Waals surface area contributed by atoms with Gasteiger partial charge in [0.2, 0.25) is 5.91 Å². The smallest absolute Gasteiger partial charge is 0.407 e. The lowest BCUT2D eigenvalue weighted by Gasteiger charge is -2.24. The van der Waals surface area contributed by atoms with E-state index in [1.807, 2.05) is 27.7 Å². The number of methoxy groups -OCH3 is 1. The Morgan fingerprint density at radius 3 is 2.00 bits per heavy atom. The second-order valence-electron chi connectivity index (χ2n) is 4.38. The molecule has 0 radical (unpaired) electrons. The predicted octanol–water partition coefficient (Wildman–Crippen LogP) is 1.67. The molecule has 0 bridgehead atoms. The van der Waals surface area contributed by atoms with E-state index < -0.39 is 12.1 Å². The van der Waals surface area contributed by atoms with Crippen LogP contribution in [0.4, 0.5) is 4.79 Å². The maximum Gasteiger partial charge on any atom is 0.407 e. The number of hydrogen-bond acceptors (Lipinski definition) is 3. The number of nitrogens with one attached hydrogen (secondary N) is 2. The fourth-order valence-electron chi connectivity index (χ4n) is 1.50. The number of hydrogen-bond donors (Lipinski definition) is 2. The van der Waals surface area contributed by atoms with Crippen molar-refractivity contribution in [1.82, 2.24) is 10.6 Å². The zero-order valence-corrected chi connectivity index (χ0v) is 11.4. The van der Waals surface area contributed by atoms with E-state index in [-0.39, 0.29) is 17.9 Å². The number of carbonyl (C=O) groups excluding carboxylic acids is 2. The third-order valence-corrected chi connectivity index (χ3v) is 2.74. The van der Waals surface area contributed by atoms with Crippen molar-refractivity contribution in [2.75, 3.05) is 7.11 Å². The van der Waals surface area contributed by atoms with Crippen LogP contribution < -0.4 is 10.6 Å². The zero-order chi connectivity index (χ0) is 13.4. The summed E-state index contributed by atoms with van der Waals surface area (Å²) < 4.78 is 4.51. The molecule has 0 heterocycles. The van der Waals surface area contributed by atoms with Crippen LogP contribution in [-0.2, 0) is 9.53 Å². The van der Waals surface area contributed by atoms with Gasteiger partial charge >= 0.3 is 6.09 Å². The highest BCUT2D eigenvalue weighted by Gasteiger charge is 2.25. The first kappa shape index (κ1) is 15.7. The van der Waals surface area contributed by atoms with E-state index in [4.69, 9.17) is 0 Å². The minimum Gasteiger partial charge on any atom is -0.453 e. The summed E-state index contributed by atoms with van der Waals surface area (Å²) >= 11 is 0. The Hall–Kier alpha value is -1.26. The molecule has 0 aromatic heterocycles. The van der Waals surface area contributed by atoms with E-state index in [1.165, 1.54) is 7.11 Å². The molecule has 2 amide bonds. The largest absolute Gasteiger partial charge is 0.453 e. The van der Waals surface area contributed by atoms with Crippen molar-refractivity contribution in [3.63, 3.8) is 0 Å². The monoisotopic (exact) mass is 244 g/mol. The number of carbonyl (C=O) groups is 2. The summed E-state index contributed by atoms with van der Waals surface area (Å²) in [5.41, 5.74) is 0. The lowest BCUT2D eigenvalue weighted by atomic mass is 10.0. The normalized spacial score (nSPS) is 12.4. The third-order valence-electron chi connectivity index (χ3n) is 2.74. The standard InChI is InChI=1S/C12H24N2O3/c1-6-9(7-2)13-11(15)10(8(3)4)14-12(16)17-5/h8-10H,6-7H2,1-5H3,(H,13,15)(H,14,16)/t10-/m1/s1. The van der Waals surface area contributed by atoms with E-state index in [0.717, 1.165) is 12.8 Å². The number of ether oxygens (including phenoxy) is 1. The van der Waals surface area contributed by atoms with E-state index >= 15 is 0 Å². The van der Waals surface area contributed by atoms with Crippen molar-refractivity contribution in [2.45, 2.75) is 52.6 Å². The summed E-state index contributed by atoms with van der Waals surface area (Å²) in [6.45, 7) is 7.80. The summed E-state index contributed by atoms with van der Waals surface area (Å²) in [7, 11) is 1.28. The molecule has 0 aromatic rings. The molecule has 0 fully saturated rings. The van der Waals surface area contributed by atoms with E-state index in [9.17, 15) is 9.59 Å². The lowest BCUT2D eigenvalue weighted by Crippen LogP contribution is -2.51. The fourth-order valence-corrected chi connectivity index (χ4v) is 1.50. The summed E-state index contributed by atoms with van der Waals surface area (Å²) in [5, 5.41) is 5.46. The van der Waals surface area contributed by atoms with Crippen LogP contribution >= 0.6 is 0 Å². The van der Waals surface area contributed by atoms with E-state index in [1.54, 1.807) is 0 Å². The number of rotatable bonds is 6. The Morgan fingerprint density at radius 2 is 1.65 bits per heavy atom. The van der Waals surface area contributed by atoms with Crippen molar-refractivity contribution in [2.24, 2.45) is 5.92 Å². The second kappa shape index (κ2) is 7.92.